The smallest absolute Gasteiger partial charge is 0.326 e. The number of rotatable bonds is 4. The van der Waals surface area contributed by atoms with Gasteiger partial charge in [-0.2, -0.15) is 0 Å². The number of aromatic nitrogens is 2. The molecule has 78 valence electrons. The molecule has 0 saturated carbocycles. The summed E-state index contributed by atoms with van der Waals surface area (Å²) in [6, 6.07) is -0.102. The predicted molar refractivity (Wildman–Crippen MR) is 55.1 cm³/mol. The maximum absolute atomic E-state index is 11.5. The maximum atomic E-state index is 11.5. The first-order valence-electron chi connectivity index (χ1n) is 5.04. The zero-order valence-corrected chi connectivity index (χ0v) is 8.73. The van der Waals surface area contributed by atoms with Crippen molar-refractivity contribution in [3.05, 3.63) is 18.7 Å². The molecule has 1 rings (SSSR count). The van der Waals surface area contributed by atoms with Crippen LogP contribution in [0.1, 0.15) is 26.7 Å². The Kier molecular flexibility index (Phi) is 4.16. The third-order valence-electron chi connectivity index (χ3n) is 2.44. The van der Waals surface area contributed by atoms with Gasteiger partial charge in [-0.1, -0.05) is 26.7 Å². The highest BCUT2D eigenvalue weighted by Gasteiger charge is 2.06. The minimum Gasteiger partial charge on any atom is -0.337 e. The molecule has 1 amide bonds. The molecule has 0 aliphatic rings. The molecule has 1 aromatic heterocycles. The Balaban J connectivity index is 2.35. The Labute approximate surface area is 84.3 Å². The number of hydrogen-bond donors (Lipinski definition) is 1. The minimum absolute atomic E-state index is 0.102. The molecule has 0 bridgehead atoms. The van der Waals surface area contributed by atoms with Crippen molar-refractivity contribution in [2.75, 3.05) is 6.54 Å². The monoisotopic (exact) mass is 195 g/mol. The van der Waals surface area contributed by atoms with Crippen LogP contribution < -0.4 is 5.32 Å². The number of nitrogens with zero attached hydrogens (tertiary/aromatic N) is 2. The molecule has 0 fully saturated rings. The number of amides is 1. The normalized spacial score (nSPS) is 10.5. The van der Waals surface area contributed by atoms with Gasteiger partial charge in [0.05, 0.1) is 0 Å². The van der Waals surface area contributed by atoms with E-state index in [4.69, 9.17) is 0 Å². The first kappa shape index (κ1) is 10.8. The van der Waals surface area contributed by atoms with Crippen molar-refractivity contribution in [1.82, 2.24) is 14.9 Å². The van der Waals surface area contributed by atoms with E-state index >= 15 is 0 Å². The molecule has 4 heteroatoms. The molecule has 0 aliphatic carbocycles. The summed E-state index contributed by atoms with van der Waals surface area (Å²) >= 11 is 0. The van der Waals surface area contributed by atoms with Crippen molar-refractivity contribution in [2.24, 2.45) is 5.92 Å². The van der Waals surface area contributed by atoms with Crippen molar-refractivity contribution in [1.29, 1.82) is 0 Å². The van der Waals surface area contributed by atoms with Gasteiger partial charge < -0.3 is 5.32 Å². The van der Waals surface area contributed by atoms with Gasteiger partial charge >= 0.3 is 6.03 Å². The second-order valence-corrected chi connectivity index (χ2v) is 3.34. The summed E-state index contributed by atoms with van der Waals surface area (Å²) in [5.74, 6) is 0.572. The molecule has 0 aromatic carbocycles. The van der Waals surface area contributed by atoms with E-state index in [-0.39, 0.29) is 6.03 Å². The standard InChI is InChI=1S/C10H17N3O/c1-3-9(4-2)7-12-10(14)13-6-5-11-8-13/h5-6,8-9H,3-4,7H2,1-2H3,(H,12,14). The van der Waals surface area contributed by atoms with Crippen LogP contribution >= 0.6 is 0 Å². The van der Waals surface area contributed by atoms with E-state index in [9.17, 15) is 4.79 Å². The van der Waals surface area contributed by atoms with Crippen LogP contribution in [0.2, 0.25) is 0 Å². The van der Waals surface area contributed by atoms with Crippen molar-refractivity contribution < 1.29 is 4.79 Å². The second kappa shape index (κ2) is 5.42. The Morgan fingerprint density at radius 2 is 2.21 bits per heavy atom. The van der Waals surface area contributed by atoms with E-state index in [1.807, 2.05) is 0 Å². The largest absolute Gasteiger partial charge is 0.337 e. The highest BCUT2D eigenvalue weighted by Crippen LogP contribution is 2.04. The SMILES string of the molecule is CCC(CC)CNC(=O)n1ccnc1. The lowest BCUT2D eigenvalue weighted by atomic mass is 10.0. The zero-order chi connectivity index (χ0) is 10.4. The van der Waals surface area contributed by atoms with Crippen LogP contribution in [0.4, 0.5) is 4.79 Å². The fourth-order valence-corrected chi connectivity index (χ4v) is 1.28. The highest BCUT2D eigenvalue weighted by atomic mass is 16.2. The van der Waals surface area contributed by atoms with Crippen molar-refractivity contribution in [3.63, 3.8) is 0 Å². The Morgan fingerprint density at radius 1 is 1.50 bits per heavy atom. The Bertz CT molecular complexity index is 265. The highest BCUT2D eigenvalue weighted by molar-refractivity contribution is 5.76. The molecule has 0 atom stereocenters. The number of carbonyl (C=O) groups excluding carboxylic acids is 1. The van der Waals surface area contributed by atoms with Gasteiger partial charge in [0.1, 0.15) is 6.33 Å². The molecule has 0 saturated heterocycles. The summed E-state index contributed by atoms with van der Waals surface area (Å²) in [6.45, 7) is 5.01. The molecule has 1 N–H and O–H groups in total. The number of nitrogens with one attached hydrogen (secondary N) is 1. The third-order valence-corrected chi connectivity index (χ3v) is 2.44. The average Bonchev–Trinajstić information content (AvgIpc) is 2.72. The minimum atomic E-state index is -0.102. The second-order valence-electron chi connectivity index (χ2n) is 3.34. The van der Waals surface area contributed by atoms with Gasteiger partial charge in [-0.25, -0.2) is 9.78 Å². The zero-order valence-electron chi connectivity index (χ0n) is 8.73. The number of hydrogen-bond acceptors (Lipinski definition) is 2. The molecule has 0 radical (unpaired) electrons. The van der Waals surface area contributed by atoms with E-state index in [1.54, 1.807) is 12.4 Å². The van der Waals surface area contributed by atoms with Crippen molar-refractivity contribution in [2.45, 2.75) is 26.7 Å². The molecular weight excluding hydrogens is 178 g/mol. The number of imidazole rings is 1. The molecule has 0 unspecified atom stereocenters. The van der Waals surface area contributed by atoms with E-state index in [2.05, 4.69) is 24.1 Å². The summed E-state index contributed by atoms with van der Waals surface area (Å²) in [5.41, 5.74) is 0. The molecule has 4 nitrogen and oxygen atoms in total. The van der Waals surface area contributed by atoms with E-state index in [1.165, 1.54) is 10.9 Å². The van der Waals surface area contributed by atoms with E-state index < -0.39 is 0 Å². The molecule has 14 heavy (non-hydrogen) atoms. The van der Waals surface area contributed by atoms with E-state index in [0.29, 0.717) is 5.92 Å². The maximum Gasteiger partial charge on any atom is 0.326 e. The van der Waals surface area contributed by atoms with Crippen molar-refractivity contribution >= 4 is 6.03 Å². The molecule has 0 spiro atoms. The van der Waals surface area contributed by atoms with Gasteiger partial charge in [0.15, 0.2) is 0 Å². The summed E-state index contributed by atoms with van der Waals surface area (Å²) in [7, 11) is 0. The molecule has 1 heterocycles. The summed E-state index contributed by atoms with van der Waals surface area (Å²) in [5, 5.41) is 2.87. The van der Waals surface area contributed by atoms with Gasteiger partial charge in [0.2, 0.25) is 0 Å². The molecular formula is C10H17N3O. The van der Waals surface area contributed by atoms with Gasteiger partial charge in [-0.15, -0.1) is 0 Å². The lowest BCUT2D eigenvalue weighted by Crippen LogP contribution is -2.31. The third kappa shape index (κ3) is 2.87. The van der Waals surface area contributed by atoms with Gasteiger partial charge in [0, 0.05) is 18.9 Å². The van der Waals surface area contributed by atoms with Crippen LogP contribution in [0.3, 0.4) is 0 Å². The van der Waals surface area contributed by atoms with Gasteiger partial charge in [-0.3, -0.25) is 4.57 Å². The van der Waals surface area contributed by atoms with Gasteiger partial charge in [0.25, 0.3) is 0 Å². The summed E-state index contributed by atoms with van der Waals surface area (Å²) in [4.78, 5) is 15.3. The Morgan fingerprint density at radius 3 is 2.71 bits per heavy atom. The fourth-order valence-electron chi connectivity index (χ4n) is 1.28. The molecule has 1 aromatic rings. The Hall–Kier alpha value is -1.32. The van der Waals surface area contributed by atoms with Crippen LogP contribution in [0.5, 0.6) is 0 Å². The van der Waals surface area contributed by atoms with Crippen LogP contribution in [0, 0.1) is 5.92 Å². The predicted octanol–water partition coefficient (Wildman–Crippen LogP) is 1.88. The van der Waals surface area contributed by atoms with Crippen LogP contribution in [0.15, 0.2) is 18.7 Å². The first-order chi connectivity index (χ1) is 6.77. The van der Waals surface area contributed by atoms with E-state index in [0.717, 1.165) is 19.4 Å². The quantitative estimate of drug-likeness (QED) is 0.797. The summed E-state index contributed by atoms with van der Waals surface area (Å²) < 4.78 is 1.45. The fraction of sp³-hybridized carbons (Fsp3) is 0.600. The topological polar surface area (TPSA) is 46.9 Å². The lowest BCUT2D eigenvalue weighted by molar-refractivity contribution is 0.240. The van der Waals surface area contributed by atoms with Gasteiger partial charge in [-0.05, 0) is 5.92 Å². The van der Waals surface area contributed by atoms with Crippen molar-refractivity contribution in [3.8, 4) is 0 Å². The molecule has 0 aliphatic heterocycles. The van der Waals surface area contributed by atoms with Crippen LogP contribution in [0.25, 0.3) is 0 Å². The van der Waals surface area contributed by atoms with Crippen LogP contribution in [-0.2, 0) is 0 Å². The number of carbonyl (C=O) groups is 1. The summed E-state index contributed by atoms with van der Waals surface area (Å²) in [6.07, 6.45) is 6.93. The first-order valence-corrected chi connectivity index (χ1v) is 5.04. The van der Waals surface area contributed by atoms with Crippen LogP contribution in [-0.4, -0.2) is 22.1 Å². The lowest BCUT2D eigenvalue weighted by Gasteiger charge is -2.12. The average molecular weight is 195 g/mol.